The lowest BCUT2D eigenvalue weighted by atomic mass is 10.1. The molecule has 2 aliphatic rings. The average Bonchev–Trinajstić information content (AvgIpc) is 3.50. The molecule has 3 N–H and O–H groups in total. The van der Waals surface area contributed by atoms with E-state index in [2.05, 4.69) is 10.3 Å². The number of carboxylic acid groups (broad SMARTS) is 1. The number of aliphatic hydroxyl groups is 1. The van der Waals surface area contributed by atoms with E-state index in [4.69, 9.17) is 9.47 Å². The van der Waals surface area contributed by atoms with Gasteiger partial charge in [-0.25, -0.2) is 9.78 Å². The number of nitrogens with one attached hydrogen (secondary N) is 1. The summed E-state index contributed by atoms with van der Waals surface area (Å²) < 4.78 is 10.9. The number of carbonyl (C=O) groups excluding carboxylic acids is 4. The number of carboxylic acids is 1. The number of piperazine rings is 1. The van der Waals surface area contributed by atoms with Crippen LogP contribution >= 0.6 is 0 Å². The van der Waals surface area contributed by atoms with Crippen molar-refractivity contribution in [1.82, 2.24) is 25.0 Å². The summed E-state index contributed by atoms with van der Waals surface area (Å²) in [4.78, 5) is 72.2. The van der Waals surface area contributed by atoms with E-state index in [1.165, 1.54) is 15.9 Å². The fraction of sp³-hybridized carbons (Fsp3) is 0.533. The number of hydrogen-bond donors (Lipinski definition) is 3. The summed E-state index contributed by atoms with van der Waals surface area (Å²) in [5.41, 5.74) is 1.25. The van der Waals surface area contributed by atoms with Gasteiger partial charge in [-0.15, -0.1) is 0 Å². The van der Waals surface area contributed by atoms with Crippen molar-refractivity contribution in [1.29, 1.82) is 0 Å². The number of aliphatic hydroxyl groups excluding tert-OH is 1. The predicted molar refractivity (Wildman–Crippen MR) is 157 cm³/mol. The van der Waals surface area contributed by atoms with Crippen LogP contribution in [0.15, 0.2) is 24.3 Å². The number of rotatable bonds is 11. The summed E-state index contributed by atoms with van der Waals surface area (Å²) >= 11 is 0. The first-order valence-corrected chi connectivity index (χ1v) is 14.8. The molecule has 4 rings (SSSR count). The lowest BCUT2D eigenvalue weighted by Gasteiger charge is -2.35. The van der Waals surface area contributed by atoms with Gasteiger partial charge in [0, 0.05) is 50.6 Å². The molecule has 0 saturated carbocycles. The number of aryl methyl sites for hydroxylation is 1. The van der Waals surface area contributed by atoms with E-state index in [1.54, 1.807) is 24.0 Å². The second kappa shape index (κ2) is 14.8. The number of carbonyl (C=O) groups is 5. The van der Waals surface area contributed by atoms with Gasteiger partial charge in [0.05, 0.1) is 24.8 Å². The molecule has 14 heteroatoms. The summed E-state index contributed by atoms with van der Waals surface area (Å²) in [6, 6.07) is 5.38. The van der Waals surface area contributed by atoms with Gasteiger partial charge in [0.25, 0.3) is 11.8 Å². The molecule has 2 atom stereocenters. The zero-order valence-electron chi connectivity index (χ0n) is 25.0. The minimum absolute atomic E-state index is 0.0692. The lowest BCUT2D eigenvalue weighted by molar-refractivity contribution is -0.138. The van der Waals surface area contributed by atoms with Crippen LogP contribution in [0.3, 0.4) is 0 Å². The van der Waals surface area contributed by atoms with Gasteiger partial charge in [-0.3, -0.25) is 19.2 Å². The van der Waals surface area contributed by atoms with E-state index in [1.807, 2.05) is 13.0 Å². The zero-order chi connectivity index (χ0) is 31.8. The normalized spacial score (nSPS) is 17.3. The number of pyridine rings is 1. The maximum Gasteiger partial charge on any atom is 0.409 e. The van der Waals surface area contributed by atoms with Crippen LogP contribution in [0.1, 0.15) is 48.7 Å². The molecule has 238 valence electrons. The van der Waals surface area contributed by atoms with Gasteiger partial charge in [0.1, 0.15) is 17.5 Å². The second-order valence-electron chi connectivity index (χ2n) is 10.9. The Balaban J connectivity index is 1.51. The number of benzene rings is 1. The molecular formula is C30H39N5O9. The minimum atomic E-state index is -1.15. The Hall–Kier alpha value is -4.46. The topological polar surface area (TPSA) is 179 Å². The monoisotopic (exact) mass is 613 g/mol. The smallest absolute Gasteiger partial charge is 0.409 e. The third kappa shape index (κ3) is 7.92. The number of aliphatic carboxylic acids is 1. The highest BCUT2D eigenvalue weighted by atomic mass is 16.6. The second-order valence-corrected chi connectivity index (χ2v) is 10.9. The molecule has 0 unspecified atom stereocenters. The largest absolute Gasteiger partial charge is 0.483 e. The summed E-state index contributed by atoms with van der Waals surface area (Å²) in [6.07, 6.45) is 0.533. The Bertz CT molecular complexity index is 1390. The van der Waals surface area contributed by atoms with Crippen LogP contribution in [0.2, 0.25) is 0 Å². The molecule has 2 aliphatic heterocycles. The minimum Gasteiger partial charge on any atom is -0.483 e. The molecule has 4 amide bonds. The predicted octanol–water partition coefficient (Wildman–Crippen LogP) is 1.17. The van der Waals surface area contributed by atoms with Crippen molar-refractivity contribution in [3.8, 4) is 5.75 Å². The molecule has 0 aliphatic carbocycles. The number of amides is 4. The van der Waals surface area contributed by atoms with Gasteiger partial charge in [-0.05, 0) is 50.8 Å². The van der Waals surface area contributed by atoms with Crippen molar-refractivity contribution in [3.05, 3.63) is 35.5 Å². The number of likely N-dealkylation sites (tertiary alicyclic amines) is 1. The maximum atomic E-state index is 13.5. The molecule has 2 saturated heterocycles. The van der Waals surface area contributed by atoms with Crippen molar-refractivity contribution in [2.75, 3.05) is 52.5 Å². The van der Waals surface area contributed by atoms with E-state index in [0.29, 0.717) is 23.9 Å². The van der Waals surface area contributed by atoms with Crippen LogP contribution in [0.25, 0.3) is 10.9 Å². The first-order chi connectivity index (χ1) is 21.1. The van der Waals surface area contributed by atoms with E-state index in [-0.39, 0.29) is 82.2 Å². The van der Waals surface area contributed by atoms with Crippen molar-refractivity contribution < 1.29 is 43.7 Å². The van der Waals surface area contributed by atoms with Crippen molar-refractivity contribution in [3.63, 3.8) is 0 Å². The lowest BCUT2D eigenvalue weighted by Crippen LogP contribution is -2.56. The molecule has 14 nitrogen and oxygen atoms in total. The molecule has 0 radical (unpaired) electrons. The van der Waals surface area contributed by atoms with Gasteiger partial charge in [-0.2, -0.15) is 0 Å². The maximum absolute atomic E-state index is 13.5. The van der Waals surface area contributed by atoms with Gasteiger partial charge < -0.3 is 39.7 Å². The SMILES string of the molecule is CCOC(=O)N1CCN(C(=O)[C@H](CCC(=O)O)NC(=O)c2cc(OCC(=O)N3CCC[C@H]3CO)c3ccc(C)cc3n2)CC1. The Morgan fingerprint density at radius 3 is 2.48 bits per heavy atom. The molecule has 0 bridgehead atoms. The van der Waals surface area contributed by atoms with Crippen LogP contribution in [-0.4, -0.2) is 124 Å². The van der Waals surface area contributed by atoms with Crippen LogP contribution in [0.4, 0.5) is 4.79 Å². The summed E-state index contributed by atoms with van der Waals surface area (Å²) in [6.45, 7) is 4.78. The fourth-order valence-corrected chi connectivity index (χ4v) is 5.42. The molecule has 1 aromatic heterocycles. The first-order valence-electron chi connectivity index (χ1n) is 14.8. The van der Waals surface area contributed by atoms with Gasteiger partial charge in [0.2, 0.25) is 5.91 Å². The van der Waals surface area contributed by atoms with E-state index in [9.17, 15) is 34.2 Å². The molecular weight excluding hydrogens is 574 g/mol. The molecule has 1 aromatic carbocycles. The van der Waals surface area contributed by atoms with Gasteiger partial charge >= 0.3 is 12.1 Å². The average molecular weight is 614 g/mol. The van der Waals surface area contributed by atoms with Crippen LogP contribution in [0.5, 0.6) is 5.75 Å². The van der Waals surface area contributed by atoms with Gasteiger partial charge in [-0.1, -0.05) is 6.07 Å². The summed E-state index contributed by atoms with van der Waals surface area (Å²) in [5, 5.41) is 22.1. The number of hydrogen-bond acceptors (Lipinski definition) is 9. The molecule has 3 heterocycles. The molecule has 0 spiro atoms. The summed E-state index contributed by atoms with van der Waals surface area (Å²) in [7, 11) is 0. The fourth-order valence-electron chi connectivity index (χ4n) is 5.42. The van der Waals surface area contributed by atoms with Crippen molar-refractivity contribution >= 4 is 40.7 Å². The number of aromatic nitrogens is 1. The Kier molecular flexibility index (Phi) is 10.9. The highest BCUT2D eigenvalue weighted by Gasteiger charge is 2.32. The van der Waals surface area contributed by atoms with Gasteiger partial charge in [0.15, 0.2) is 6.61 Å². The summed E-state index contributed by atoms with van der Waals surface area (Å²) in [5.74, 6) is -2.33. The number of nitrogens with zero attached hydrogens (tertiary/aromatic N) is 4. The first kappa shape index (κ1) is 32.5. The van der Waals surface area contributed by atoms with Crippen LogP contribution in [0, 0.1) is 6.92 Å². The molecule has 44 heavy (non-hydrogen) atoms. The quantitative estimate of drug-likeness (QED) is 0.333. The van der Waals surface area contributed by atoms with Crippen molar-refractivity contribution in [2.45, 2.75) is 51.6 Å². The van der Waals surface area contributed by atoms with Crippen LogP contribution < -0.4 is 10.1 Å². The highest BCUT2D eigenvalue weighted by Crippen LogP contribution is 2.27. The third-order valence-corrected chi connectivity index (χ3v) is 7.79. The van der Waals surface area contributed by atoms with Crippen LogP contribution in [-0.2, 0) is 19.1 Å². The highest BCUT2D eigenvalue weighted by molar-refractivity contribution is 5.99. The number of ether oxygens (including phenoxy) is 2. The molecule has 2 fully saturated rings. The third-order valence-electron chi connectivity index (χ3n) is 7.79. The van der Waals surface area contributed by atoms with Crippen molar-refractivity contribution in [2.24, 2.45) is 0 Å². The Morgan fingerprint density at radius 1 is 1.07 bits per heavy atom. The number of fused-ring (bicyclic) bond motifs is 1. The standard InChI is InChI=1S/C30H39N5O9/c1-3-43-30(42)34-13-11-33(12-14-34)29(41)22(8-9-27(38)39)32-28(40)24-16-25(21-7-6-19(2)15-23(21)31-24)44-18-26(37)35-10-4-5-20(35)17-36/h6-7,15-16,20,22,36H,3-5,8-14,17-18H2,1-2H3,(H,32,40)(H,38,39)/t20-,22-/m0/s1. The van der Waals surface area contributed by atoms with E-state index >= 15 is 0 Å². The Labute approximate surface area is 254 Å². The molecule has 2 aromatic rings. The Morgan fingerprint density at radius 2 is 1.80 bits per heavy atom. The van der Waals surface area contributed by atoms with E-state index < -0.39 is 29.9 Å². The van der Waals surface area contributed by atoms with E-state index in [0.717, 1.165) is 12.0 Å². The zero-order valence-corrected chi connectivity index (χ0v) is 25.0.